The average Bonchev–Trinajstić information content (AvgIpc) is 2.08. The van der Waals surface area contributed by atoms with Crippen molar-refractivity contribution in [3.05, 3.63) is 27.8 Å². The SMILES string of the molecule is O=C(O)c1cc([N+](=O)[O-])cc(S)c1S. The second-order valence-corrected chi connectivity index (χ2v) is 3.35. The van der Waals surface area contributed by atoms with Gasteiger partial charge in [0.05, 0.1) is 10.5 Å². The third-order valence-electron chi connectivity index (χ3n) is 1.52. The van der Waals surface area contributed by atoms with E-state index in [4.69, 9.17) is 5.11 Å². The van der Waals surface area contributed by atoms with Crippen LogP contribution in [0.4, 0.5) is 5.69 Å². The van der Waals surface area contributed by atoms with E-state index < -0.39 is 10.9 Å². The van der Waals surface area contributed by atoms with Crippen molar-refractivity contribution < 1.29 is 14.8 Å². The lowest BCUT2D eigenvalue weighted by atomic mass is 10.2. The van der Waals surface area contributed by atoms with Crippen LogP contribution < -0.4 is 0 Å². The van der Waals surface area contributed by atoms with Crippen LogP contribution in [0.15, 0.2) is 21.9 Å². The largest absolute Gasteiger partial charge is 0.478 e. The zero-order valence-corrected chi connectivity index (χ0v) is 8.46. The first-order chi connectivity index (χ1) is 6.43. The molecule has 1 aromatic carbocycles. The van der Waals surface area contributed by atoms with E-state index in [1.54, 1.807) is 0 Å². The summed E-state index contributed by atoms with van der Waals surface area (Å²) in [7, 11) is 0. The van der Waals surface area contributed by atoms with Crippen LogP contribution in [-0.2, 0) is 0 Å². The van der Waals surface area contributed by atoms with Gasteiger partial charge in [-0.25, -0.2) is 4.79 Å². The van der Waals surface area contributed by atoms with Crippen molar-refractivity contribution in [2.75, 3.05) is 0 Å². The molecule has 0 radical (unpaired) electrons. The number of hydrogen-bond acceptors (Lipinski definition) is 5. The van der Waals surface area contributed by atoms with E-state index in [1.807, 2.05) is 0 Å². The van der Waals surface area contributed by atoms with Gasteiger partial charge in [0.15, 0.2) is 0 Å². The Balaban J connectivity index is 3.43. The number of rotatable bonds is 2. The maximum Gasteiger partial charge on any atom is 0.337 e. The van der Waals surface area contributed by atoms with Crippen molar-refractivity contribution in [3.8, 4) is 0 Å². The molecule has 0 saturated carbocycles. The number of carboxylic acids is 1. The summed E-state index contributed by atoms with van der Waals surface area (Å²) in [6.45, 7) is 0. The number of nitrogens with zero attached hydrogens (tertiary/aromatic N) is 1. The molecular formula is C7H5NO4S2. The summed E-state index contributed by atoms with van der Waals surface area (Å²) in [5, 5.41) is 19.1. The number of thiol groups is 2. The molecule has 5 nitrogen and oxygen atoms in total. The van der Waals surface area contributed by atoms with E-state index in [2.05, 4.69) is 25.3 Å². The van der Waals surface area contributed by atoms with Gasteiger partial charge in [-0.1, -0.05) is 0 Å². The Morgan fingerprint density at radius 3 is 2.43 bits per heavy atom. The van der Waals surface area contributed by atoms with E-state index in [0.717, 1.165) is 12.1 Å². The molecular weight excluding hydrogens is 226 g/mol. The Kier molecular flexibility index (Phi) is 3.02. The molecule has 0 heterocycles. The molecule has 0 bridgehead atoms. The zero-order chi connectivity index (χ0) is 10.9. The number of nitro groups is 1. The highest BCUT2D eigenvalue weighted by Gasteiger charge is 2.17. The van der Waals surface area contributed by atoms with Crippen LogP contribution in [0.2, 0.25) is 0 Å². The first kappa shape index (κ1) is 10.9. The van der Waals surface area contributed by atoms with E-state index in [-0.39, 0.29) is 21.0 Å². The van der Waals surface area contributed by atoms with Crippen molar-refractivity contribution in [3.63, 3.8) is 0 Å². The number of carboxylic acid groups (broad SMARTS) is 1. The Morgan fingerprint density at radius 1 is 1.43 bits per heavy atom. The van der Waals surface area contributed by atoms with Gasteiger partial charge in [-0.15, -0.1) is 25.3 Å². The van der Waals surface area contributed by atoms with Crippen molar-refractivity contribution in [1.29, 1.82) is 0 Å². The summed E-state index contributed by atoms with van der Waals surface area (Å²) in [6.07, 6.45) is 0. The molecule has 74 valence electrons. The summed E-state index contributed by atoms with van der Waals surface area (Å²) < 4.78 is 0. The third-order valence-corrected chi connectivity index (χ3v) is 2.53. The highest BCUT2D eigenvalue weighted by atomic mass is 32.1. The molecule has 1 N–H and O–H groups in total. The van der Waals surface area contributed by atoms with Gasteiger partial charge in [0.25, 0.3) is 5.69 Å². The molecule has 0 atom stereocenters. The first-order valence-electron chi connectivity index (χ1n) is 3.37. The van der Waals surface area contributed by atoms with Gasteiger partial charge < -0.3 is 5.11 Å². The van der Waals surface area contributed by atoms with Crippen molar-refractivity contribution >= 4 is 36.9 Å². The Labute approximate surface area is 89.7 Å². The number of carbonyl (C=O) groups is 1. The van der Waals surface area contributed by atoms with Crippen molar-refractivity contribution in [1.82, 2.24) is 0 Å². The minimum Gasteiger partial charge on any atom is -0.478 e. The molecule has 0 unspecified atom stereocenters. The number of benzene rings is 1. The van der Waals surface area contributed by atoms with Gasteiger partial charge in [0.2, 0.25) is 0 Å². The molecule has 7 heteroatoms. The number of non-ortho nitro benzene ring substituents is 1. The fraction of sp³-hybridized carbons (Fsp3) is 0. The average molecular weight is 231 g/mol. The molecule has 0 aliphatic heterocycles. The standard InChI is InChI=1S/C7H5NO4S2/c9-7(10)4-1-3(8(11)12)2-5(13)6(4)14/h1-2,13-14H,(H,9,10). The Morgan fingerprint density at radius 2 is 2.00 bits per heavy atom. The lowest BCUT2D eigenvalue weighted by Crippen LogP contribution is -2.00. The van der Waals surface area contributed by atoms with Crippen LogP contribution in [0.25, 0.3) is 0 Å². The van der Waals surface area contributed by atoms with Crippen LogP contribution in [0.3, 0.4) is 0 Å². The quantitative estimate of drug-likeness (QED) is 0.412. The predicted octanol–water partition coefficient (Wildman–Crippen LogP) is 1.87. The summed E-state index contributed by atoms with van der Waals surface area (Å²) in [5.74, 6) is -1.27. The fourth-order valence-corrected chi connectivity index (χ4v) is 1.35. The van der Waals surface area contributed by atoms with Crippen LogP contribution >= 0.6 is 25.3 Å². The molecule has 0 aliphatic carbocycles. The molecule has 14 heavy (non-hydrogen) atoms. The number of hydrogen-bond donors (Lipinski definition) is 3. The minimum absolute atomic E-state index is 0.117. The van der Waals surface area contributed by atoms with Crippen LogP contribution in [0.5, 0.6) is 0 Å². The monoisotopic (exact) mass is 231 g/mol. The second kappa shape index (κ2) is 3.89. The maximum absolute atomic E-state index is 10.6. The van der Waals surface area contributed by atoms with E-state index in [1.165, 1.54) is 0 Å². The molecule has 0 amide bonds. The minimum atomic E-state index is -1.27. The van der Waals surface area contributed by atoms with Gasteiger partial charge in [-0.3, -0.25) is 10.1 Å². The number of nitro benzene ring substituents is 1. The summed E-state index contributed by atoms with van der Waals surface area (Å²) in [6, 6.07) is 2.10. The second-order valence-electron chi connectivity index (χ2n) is 2.42. The molecule has 0 spiro atoms. The summed E-state index contributed by atoms with van der Waals surface area (Å²) >= 11 is 7.77. The predicted molar refractivity (Wildman–Crippen MR) is 54.6 cm³/mol. The van der Waals surface area contributed by atoms with E-state index in [0.29, 0.717) is 0 Å². The maximum atomic E-state index is 10.6. The molecule has 1 aromatic rings. The van der Waals surface area contributed by atoms with E-state index >= 15 is 0 Å². The van der Waals surface area contributed by atoms with Gasteiger partial charge in [-0.05, 0) is 0 Å². The third kappa shape index (κ3) is 1.99. The molecule has 0 aliphatic rings. The molecule has 0 fully saturated rings. The highest BCUT2D eigenvalue weighted by Crippen LogP contribution is 2.28. The molecule has 0 aromatic heterocycles. The lowest BCUT2D eigenvalue weighted by Gasteiger charge is -2.02. The van der Waals surface area contributed by atoms with Gasteiger partial charge in [0, 0.05) is 21.9 Å². The van der Waals surface area contributed by atoms with Crippen LogP contribution in [0, 0.1) is 10.1 Å². The Hall–Kier alpha value is -1.21. The van der Waals surface area contributed by atoms with Crippen molar-refractivity contribution in [2.45, 2.75) is 9.79 Å². The Bertz CT molecular complexity index is 418. The fourth-order valence-electron chi connectivity index (χ4n) is 0.873. The zero-order valence-electron chi connectivity index (χ0n) is 6.67. The highest BCUT2D eigenvalue weighted by molar-refractivity contribution is 7.83. The topological polar surface area (TPSA) is 80.4 Å². The lowest BCUT2D eigenvalue weighted by molar-refractivity contribution is -0.385. The van der Waals surface area contributed by atoms with E-state index in [9.17, 15) is 14.9 Å². The molecule has 0 saturated heterocycles. The van der Waals surface area contributed by atoms with Crippen molar-refractivity contribution in [2.24, 2.45) is 0 Å². The first-order valence-corrected chi connectivity index (χ1v) is 4.26. The van der Waals surface area contributed by atoms with Gasteiger partial charge >= 0.3 is 5.97 Å². The smallest absolute Gasteiger partial charge is 0.337 e. The van der Waals surface area contributed by atoms with Crippen LogP contribution in [-0.4, -0.2) is 16.0 Å². The normalized spacial score (nSPS) is 9.86. The number of aromatic carboxylic acids is 1. The summed E-state index contributed by atoms with van der Waals surface area (Å²) in [4.78, 5) is 20.6. The van der Waals surface area contributed by atoms with Crippen LogP contribution in [0.1, 0.15) is 10.4 Å². The summed E-state index contributed by atoms with van der Waals surface area (Å²) in [5.41, 5.74) is -0.544. The van der Waals surface area contributed by atoms with Gasteiger partial charge in [-0.2, -0.15) is 0 Å². The molecule has 1 rings (SSSR count). The van der Waals surface area contributed by atoms with Gasteiger partial charge in [0.1, 0.15) is 0 Å².